The second-order valence-electron chi connectivity index (χ2n) is 3.11. The maximum atomic E-state index is 10.6. The van der Waals surface area contributed by atoms with Crippen LogP contribution in [0.4, 0.5) is 5.69 Å². The molecule has 6 heteroatoms. The molecule has 1 aromatic rings. The standard InChI is InChI=1S/C9H10N2O4/c1-5(11(14)15)6-2-3-7(9(12)13)8(10)4-6/h2-5H,10H2,1H3,(H,12,13). The van der Waals surface area contributed by atoms with Gasteiger partial charge in [0.25, 0.3) is 0 Å². The van der Waals surface area contributed by atoms with Crippen molar-refractivity contribution in [1.29, 1.82) is 0 Å². The number of rotatable bonds is 3. The molecule has 0 radical (unpaired) electrons. The first kappa shape index (κ1) is 11.0. The van der Waals surface area contributed by atoms with Crippen molar-refractivity contribution in [2.75, 3.05) is 5.73 Å². The van der Waals surface area contributed by atoms with Crippen molar-refractivity contribution < 1.29 is 14.8 Å². The van der Waals surface area contributed by atoms with Gasteiger partial charge >= 0.3 is 5.97 Å². The predicted octanol–water partition coefficient (Wildman–Crippen LogP) is 1.30. The number of nitro groups is 1. The van der Waals surface area contributed by atoms with Crippen LogP contribution in [0.5, 0.6) is 0 Å². The summed E-state index contributed by atoms with van der Waals surface area (Å²) in [5.41, 5.74) is 5.84. The molecule has 0 spiro atoms. The summed E-state index contributed by atoms with van der Waals surface area (Å²) < 4.78 is 0. The summed E-state index contributed by atoms with van der Waals surface area (Å²) in [6.45, 7) is 1.41. The molecule has 6 nitrogen and oxygen atoms in total. The Balaban J connectivity index is 3.12. The maximum Gasteiger partial charge on any atom is 0.337 e. The minimum absolute atomic E-state index is 0.0358. The largest absolute Gasteiger partial charge is 0.478 e. The van der Waals surface area contributed by atoms with E-state index >= 15 is 0 Å². The van der Waals surface area contributed by atoms with E-state index in [2.05, 4.69) is 0 Å². The van der Waals surface area contributed by atoms with Crippen LogP contribution in [0.1, 0.15) is 28.9 Å². The summed E-state index contributed by atoms with van der Waals surface area (Å²) >= 11 is 0. The third-order valence-corrected chi connectivity index (χ3v) is 2.10. The highest BCUT2D eigenvalue weighted by Crippen LogP contribution is 2.21. The molecule has 1 unspecified atom stereocenters. The molecule has 1 atom stereocenters. The van der Waals surface area contributed by atoms with E-state index in [4.69, 9.17) is 10.8 Å². The Morgan fingerprint density at radius 2 is 2.20 bits per heavy atom. The van der Waals surface area contributed by atoms with Crippen LogP contribution in [0.15, 0.2) is 18.2 Å². The first-order chi connectivity index (χ1) is 6.93. The molecule has 15 heavy (non-hydrogen) atoms. The summed E-state index contributed by atoms with van der Waals surface area (Å²) in [5, 5.41) is 19.2. The topological polar surface area (TPSA) is 106 Å². The molecule has 1 aromatic carbocycles. The number of carboxylic acid groups (broad SMARTS) is 1. The van der Waals surface area contributed by atoms with Crippen LogP contribution in [0.3, 0.4) is 0 Å². The second kappa shape index (κ2) is 3.95. The average Bonchev–Trinajstić information content (AvgIpc) is 2.15. The minimum Gasteiger partial charge on any atom is -0.478 e. The molecule has 80 valence electrons. The maximum absolute atomic E-state index is 10.6. The summed E-state index contributed by atoms with van der Waals surface area (Å²) in [5.74, 6) is -1.15. The Labute approximate surface area is 85.5 Å². The fourth-order valence-corrected chi connectivity index (χ4v) is 1.16. The molecule has 0 amide bonds. The number of benzene rings is 1. The van der Waals surface area contributed by atoms with Gasteiger partial charge in [0, 0.05) is 23.1 Å². The van der Waals surface area contributed by atoms with E-state index in [1.165, 1.54) is 25.1 Å². The molecular weight excluding hydrogens is 200 g/mol. The van der Waals surface area contributed by atoms with Gasteiger partial charge in [-0.1, -0.05) is 6.07 Å². The number of anilines is 1. The number of carbonyl (C=O) groups is 1. The average molecular weight is 210 g/mol. The lowest BCUT2D eigenvalue weighted by atomic mass is 10.0. The fourth-order valence-electron chi connectivity index (χ4n) is 1.16. The molecular formula is C9H10N2O4. The molecule has 3 N–H and O–H groups in total. The Hall–Kier alpha value is -2.11. The van der Waals surface area contributed by atoms with Crippen molar-refractivity contribution >= 4 is 11.7 Å². The molecule has 0 aromatic heterocycles. The number of hydrogen-bond acceptors (Lipinski definition) is 4. The van der Waals surface area contributed by atoms with E-state index in [-0.39, 0.29) is 11.3 Å². The van der Waals surface area contributed by atoms with Gasteiger partial charge < -0.3 is 10.8 Å². The fraction of sp³-hybridized carbons (Fsp3) is 0.222. The summed E-state index contributed by atoms with van der Waals surface area (Å²) in [6, 6.07) is 3.09. The SMILES string of the molecule is CC(c1ccc(C(=O)O)c(N)c1)[N+](=O)[O-]. The van der Waals surface area contributed by atoms with Crippen LogP contribution in [0.25, 0.3) is 0 Å². The zero-order valence-electron chi connectivity index (χ0n) is 8.01. The van der Waals surface area contributed by atoms with Gasteiger partial charge in [-0.25, -0.2) is 4.79 Å². The van der Waals surface area contributed by atoms with E-state index in [9.17, 15) is 14.9 Å². The lowest BCUT2D eigenvalue weighted by Gasteiger charge is -2.06. The van der Waals surface area contributed by atoms with E-state index in [0.717, 1.165) is 0 Å². The van der Waals surface area contributed by atoms with Crippen LogP contribution in [-0.2, 0) is 0 Å². The van der Waals surface area contributed by atoms with Gasteiger partial charge in [-0.15, -0.1) is 0 Å². The molecule has 1 rings (SSSR count). The van der Waals surface area contributed by atoms with Gasteiger partial charge in [-0.05, 0) is 12.1 Å². The Kier molecular flexibility index (Phi) is 2.89. The quantitative estimate of drug-likeness (QED) is 0.444. The highest BCUT2D eigenvalue weighted by atomic mass is 16.6. The first-order valence-electron chi connectivity index (χ1n) is 4.19. The Morgan fingerprint density at radius 1 is 1.60 bits per heavy atom. The highest BCUT2D eigenvalue weighted by Gasteiger charge is 2.18. The molecule has 0 bridgehead atoms. The normalized spacial score (nSPS) is 12.1. The van der Waals surface area contributed by atoms with Gasteiger partial charge in [0.15, 0.2) is 0 Å². The number of nitrogens with zero attached hydrogens (tertiary/aromatic N) is 1. The summed E-state index contributed by atoms with van der Waals surface area (Å²) in [6.07, 6.45) is 0. The second-order valence-corrected chi connectivity index (χ2v) is 3.11. The molecule has 0 saturated heterocycles. The van der Waals surface area contributed by atoms with Gasteiger partial charge in [-0.2, -0.15) is 0 Å². The van der Waals surface area contributed by atoms with Crippen molar-refractivity contribution in [3.05, 3.63) is 39.4 Å². The smallest absolute Gasteiger partial charge is 0.337 e. The number of nitrogens with two attached hydrogens (primary N) is 1. The van der Waals surface area contributed by atoms with Crippen LogP contribution in [-0.4, -0.2) is 16.0 Å². The molecule has 0 aliphatic rings. The number of hydrogen-bond donors (Lipinski definition) is 2. The minimum atomic E-state index is -1.15. The lowest BCUT2D eigenvalue weighted by Crippen LogP contribution is -2.08. The Bertz CT molecular complexity index is 417. The molecule has 0 fully saturated rings. The zero-order chi connectivity index (χ0) is 11.6. The summed E-state index contributed by atoms with van der Waals surface area (Å²) in [4.78, 5) is 20.6. The van der Waals surface area contributed by atoms with Gasteiger partial charge in [0.1, 0.15) is 0 Å². The monoisotopic (exact) mass is 210 g/mol. The molecule has 0 heterocycles. The predicted molar refractivity (Wildman–Crippen MR) is 53.2 cm³/mol. The van der Waals surface area contributed by atoms with Crippen molar-refractivity contribution in [1.82, 2.24) is 0 Å². The van der Waals surface area contributed by atoms with Gasteiger partial charge in [0.05, 0.1) is 5.56 Å². The number of aromatic carboxylic acids is 1. The van der Waals surface area contributed by atoms with Gasteiger partial charge in [-0.3, -0.25) is 10.1 Å². The third-order valence-electron chi connectivity index (χ3n) is 2.10. The molecule has 0 aliphatic carbocycles. The van der Waals surface area contributed by atoms with Crippen LogP contribution < -0.4 is 5.73 Å². The third kappa shape index (κ3) is 2.22. The van der Waals surface area contributed by atoms with E-state index < -0.39 is 16.9 Å². The highest BCUT2D eigenvalue weighted by molar-refractivity contribution is 5.93. The first-order valence-corrected chi connectivity index (χ1v) is 4.19. The van der Waals surface area contributed by atoms with E-state index in [0.29, 0.717) is 5.56 Å². The molecule has 0 aliphatic heterocycles. The van der Waals surface area contributed by atoms with Crippen LogP contribution in [0, 0.1) is 10.1 Å². The molecule has 0 saturated carbocycles. The summed E-state index contributed by atoms with van der Waals surface area (Å²) in [7, 11) is 0. The van der Waals surface area contributed by atoms with Crippen molar-refractivity contribution in [3.63, 3.8) is 0 Å². The van der Waals surface area contributed by atoms with Crippen molar-refractivity contribution in [2.24, 2.45) is 0 Å². The number of nitrogen functional groups attached to an aromatic ring is 1. The van der Waals surface area contributed by atoms with E-state index in [1.807, 2.05) is 0 Å². The number of carboxylic acids is 1. The van der Waals surface area contributed by atoms with E-state index in [1.54, 1.807) is 0 Å². The van der Waals surface area contributed by atoms with Crippen LogP contribution in [0.2, 0.25) is 0 Å². The van der Waals surface area contributed by atoms with Crippen molar-refractivity contribution in [2.45, 2.75) is 13.0 Å². The van der Waals surface area contributed by atoms with Crippen molar-refractivity contribution in [3.8, 4) is 0 Å². The lowest BCUT2D eigenvalue weighted by molar-refractivity contribution is -0.524. The van der Waals surface area contributed by atoms with Crippen LogP contribution >= 0.6 is 0 Å². The Morgan fingerprint density at radius 3 is 2.60 bits per heavy atom. The zero-order valence-corrected chi connectivity index (χ0v) is 8.01. The van der Waals surface area contributed by atoms with Gasteiger partial charge in [0.2, 0.25) is 6.04 Å².